The van der Waals surface area contributed by atoms with Crippen molar-refractivity contribution in [2.24, 2.45) is 0 Å². The van der Waals surface area contributed by atoms with Crippen LogP contribution in [-0.2, 0) is 24.3 Å². The number of ether oxygens (including phenoxy) is 1. The van der Waals surface area contributed by atoms with Crippen molar-refractivity contribution in [1.82, 2.24) is 9.55 Å². The van der Waals surface area contributed by atoms with Gasteiger partial charge >= 0.3 is 5.97 Å². The number of benzene rings is 1. The Morgan fingerprint density at radius 2 is 2.20 bits per heavy atom. The number of hydrogen-bond acceptors (Lipinski definition) is 5. The molecule has 6 heteroatoms. The number of esters is 1. The molecule has 0 saturated heterocycles. The average Bonchev–Trinajstić information content (AvgIpc) is 3.18. The number of aryl methyl sites for hydroxylation is 3. The highest BCUT2D eigenvalue weighted by molar-refractivity contribution is 7.20. The lowest BCUT2D eigenvalue weighted by Gasteiger charge is -2.05. The Morgan fingerprint density at radius 3 is 3.00 bits per heavy atom. The highest BCUT2D eigenvalue weighted by Gasteiger charge is 2.23. The normalized spacial score (nSPS) is 13.2. The van der Waals surface area contributed by atoms with E-state index in [2.05, 4.69) is 4.98 Å². The molecular weight excluding hydrogens is 336 g/mol. The molecule has 0 fully saturated rings. The number of carbonyl (C=O) groups is 1. The molecule has 0 amide bonds. The van der Waals surface area contributed by atoms with Crippen LogP contribution < -0.4 is 5.56 Å². The Kier molecular flexibility index (Phi) is 3.92. The minimum atomic E-state index is -0.397. The minimum Gasteiger partial charge on any atom is -0.457 e. The van der Waals surface area contributed by atoms with Crippen molar-refractivity contribution >= 4 is 27.5 Å². The minimum absolute atomic E-state index is 0.0380. The van der Waals surface area contributed by atoms with Crippen LogP contribution in [-0.4, -0.2) is 15.5 Å². The summed E-state index contributed by atoms with van der Waals surface area (Å²) in [6.45, 7) is 4.73. The van der Waals surface area contributed by atoms with Gasteiger partial charge in [0.15, 0.2) is 0 Å². The summed E-state index contributed by atoms with van der Waals surface area (Å²) in [4.78, 5) is 30.9. The van der Waals surface area contributed by atoms with Gasteiger partial charge in [0.05, 0.1) is 5.39 Å². The van der Waals surface area contributed by atoms with Crippen molar-refractivity contribution in [3.05, 3.63) is 62.0 Å². The average molecular weight is 354 g/mol. The molecule has 1 aromatic carbocycles. The van der Waals surface area contributed by atoms with Gasteiger partial charge in [0, 0.05) is 13.0 Å². The lowest BCUT2D eigenvalue weighted by atomic mass is 10.1. The number of fused-ring (bicyclic) bond motifs is 2. The molecule has 4 rings (SSSR count). The predicted octanol–water partition coefficient (Wildman–Crippen LogP) is 3.38. The van der Waals surface area contributed by atoms with Crippen LogP contribution in [0.3, 0.4) is 0 Å². The summed E-state index contributed by atoms with van der Waals surface area (Å²) in [7, 11) is 0. The molecule has 2 aromatic heterocycles. The van der Waals surface area contributed by atoms with Crippen LogP contribution in [0.15, 0.2) is 29.1 Å². The van der Waals surface area contributed by atoms with Crippen molar-refractivity contribution < 1.29 is 9.53 Å². The quantitative estimate of drug-likeness (QED) is 0.677. The maximum atomic E-state index is 12.7. The van der Waals surface area contributed by atoms with Crippen molar-refractivity contribution in [2.75, 3.05) is 0 Å². The van der Waals surface area contributed by atoms with Gasteiger partial charge in [-0.25, -0.2) is 9.78 Å². The standard InChI is InChI=1S/C19H18N2O3S/c1-11-5-3-6-13(9-11)10-24-19(23)16-12(2)15-17(25-16)20-14-7-4-8-21(14)18(15)22/h3,5-6,9H,4,7-8,10H2,1-2H3. The summed E-state index contributed by atoms with van der Waals surface area (Å²) in [6, 6.07) is 7.86. The summed E-state index contributed by atoms with van der Waals surface area (Å²) < 4.78 is 7.18. The summed E-state index contributed by atoms with van der Waals surface area (Å²) in [6.07, 6.45) is 1.76. The first-order valence-electron chi connectivity index (χ1n) is 8.30. The molecule has 3 aromatic rings. The second-order valence-corrected chi connectivity index (χ2v) is 7.39. The van der Waals surface area contributed by atoms with E-state index in [9.17, 15) is 9.59 Å². The zero-order valence-corrected chi connectivity index (χ0v) is 15.0. The topological polar surface area (TPSA) is 61.2 Å². The first-order chi connectivity index (χ1) is 12.0. The van der Waals surface area contributed by atoms with Gasteiger partial charge in [-0.05, 0) is 31.4 Å². The monoisotopic (exact) mass is 354 g/mol. The van der Waals surface area contributed by atoms with Crippen LogP contribution in [0.2, 0.25) is 0 Å². The molecule has 0 spiro atoms. The van der Waals surface area contributed by atoms with Gasteiger partial charge < -0.3 is 4.74 Å². The lowest BCUT2D eigenvalue weighted by Crippen LogP contribution is -2.20. The second-order valence-electron chi connectivity index (χ2n) is 6.39. The third kappa shape index (κ3) is 2.76. The fourth-order valence-electron chi connectivity index (χ4n) is 3.29. The highest BCUT2D eigenvalue weighted by Crippen LogP contribution is 2.29. The Labute approximate surface area is 148 Å². The third-order valence-corrected chi connectivity index (χ3v) is 5.72. The summed E-state index contributed by atoms with van der Waals surface area (Å²) in [5, 5.41) is 0.554. The van der Waals surface area contributed by atoms with Crippen LogP contribution >= 0.6 is 11.3 Å². The molecule has 0 radical (unpaired) electrons. The molecule has 0 unspecified atom stereocenters. The lowest BCUT2D eigenvalue weighted by molar-refractivity contribution is 0.0478. The number of thiophene rings is 1. The van der Waals surface area contributed by atoms with Crippen LogP contribution in [0.5, 0.6) is 0 Å². The van der Waals surface area contributed by atoms with Crippen LogP contribution in [0.1, 0.15) is 38.6 Å². The Hall–Kier alpha value is -2.47. The molecule has 0 N–H and O–H groups in total. The molecule has 0 bridgehead atoms. The van der Waals surface area contributed by atoms with Crippen LogP contribution in [0, 0.1) is 13.8 Å². The van der Waals surface area contributed by atoms with E-state index in [-0.39, 0.29) is 12.2 Å². The zero-order chi connectivity index (χ0) is 17.6. The molecule has 3 heterocycles. The Morgan fingerprint density at radius 1 is 1.36 bits per heavy atom. The fraction of sp³-hybridized carbons (Fsp3) is 0.316. The van der Waals surface area contributed by atoms with Gasteiger partial charge in [0.1, 0.15) is 22.1 Å². The van der Waals surface area contributed by atoms with Gasteiger partial charge in [0.25, 0.3) is 5.56 Å². The van der Waals surface area contributed by atoms with Crippen LogP contribution in [0.4, 0.5) is 0 Å². The van der Waals surface area contributed by atoms with Crippen molar-refractivity contribution in [2.45, 2.75) is 39.8 Å². The summed E-state index contributed by atoms with van der Waals surface area (Å²) in [5.41, 5.74) is 2.71. The molecule has 0 atom stereocenters. The molecule has 0 aliphatic carbocycles. The maximum Gasteiger partial charge on any atom is 0.349 e. The van der Waals surface area contributed by atoms with E-state index in [4.69, 9.17) is 4.74 Å². The number of hydrogen-bond donors (Lipinski definition) is 0. The number of carbonyl (C=O) groups excluding carboxylic acids is 1. The molecule has 0 saturated carbocycles. The van der Waals surface area contributed by atoms with E-state index in [0.717, 1.165) is 29.8 Å². The van der Waals surface area contributed by atoms with E-state index < -0.39 is 5.97 Å². The number of nitrogens with zero attached hydrogens (tertiary/aromatic N) is 2. The SMILES string of the molecule is Cc1cccc(COC(=O)c2sc3nc4n(c(=O)c3c2C)CCC4)c1. The van der Waals surface area contributed by atoms with E-state index in [1.807, 2.05) is 31.2 Å². The molecule has 1 aliphatic rings. The highest BCUT2D eigenvalue weighted by atomic mass is 32.1. The fourth-order valence-corrected chi connectivity index (χ4v) is 4.37. The zero-order valence-electron chi connectivity index (χ0n) is 14.2. The number of rotatable bonds is 3. The van der Waals surface area contributed by atoms with Gasteiger partial charge in [-0.1, -0.05) is 29.8 Å². The second kappa shape index (κ2) is 6.11. The first-order valence-corrected chi connectivity index (χ1v) is 9.11. The van der Waals surface area contributed by atoms with E-state index >= 15 is 0 Å². The maximum absolute atomic E-state index is 12.7. The van der Waals surface area contributed by atoms with Gasteiger partial charge in [-0.15, -0.1) is 11.3 Å². The first kappa shape index (κ1) is 16.0. The van der Waals surface area contributed by atoms with Gasteiger partial charge in [-0.3, -0.25) is 9.36 Å². The van der Waals surface area contributed by atoms with Crippen molar-refractivity contribution in [1.29, 1.82) is 0 Å². The van der Waals surface area contributed by atoms with Crippen LogP contribution in [0.25, 0.3) is 10.2 Å². The van der Waals surface area contributed by atoms with E-state index in [1.54, 1.807) is 11.5 Å². The Balaban J connectivity index is 1.65. The van der Waals surface area contributed by atoms with Crippen molar-refractivity contribution in [3.63, 3.8) is 0 Å². The summed E-state index contributed by atoms with van der Waals surface area (Å²) >= 11 is 1.25. The van der Waals surface area contributed by atoms with Gasteiger partial charge in [-0.2, -0.15) is 0 Å². The molecule has 1 aliphatic heterocycles. The van der Waals surface area contributed by atoms with Crippen molar-refractivity contribution in [3.8, 4) is 0 Å². The van der Waals surface area contributed by atoms with E-state index in [1.165, 1.54) is 11.3 Å². The molecular formula is C19H18N2O3S. The van der Waals surface area contributed by atoms with Gasteiger partial charge in [0.2, 0.25) is 0 Å². The molecule has 5 nitrogen and oxygen atoms in total. The molecule has 128 valence electrons. The predicted molar refractivity (Wildman–Crippen MR) is 97.2 cm³/mol. The molecule has 25 heavy (non-hydrogen) atoms. The smallest absolute Gasteiger partial charge is 0.349 e. The number of aromatic nitrogens is 2. The van der Waals surface area contributed by atoms with E-state index in [0.29, 0.717) is 27.2 Å². The Bertz CT molecular complexity index is 1050. The largest absolute Gasteiger partial charge is 0.457 e. The third-order valence-electron chi connectivity index (χ3n) is 4.55. The summed E-state index contributed by atoms with van der Waals surface area (Å²) in [5.74, 6) is 0.421.